The van der Waals surface area contributed by atoms with Crippen LogP contribution in [0.1, 0.15) is 16.1 Å². The summed E-state index contributed by atoms with van der Waals surface area (Å²) in [4.78, 5) is 16.0. The Morgan fingerprint density at radius 2 is 2.32 bits per heavy atom. The minimum absolute atomic E-state index is 0.0162. The fraction of sp³-hybridized carbons (Fsp3) is 0.286. The number of aliphatic hydroxyl groups is 1. The Hall–Kier alpha value is -1.72. The summed E-state index contributed by atoms with van der Waals surface area (Å²) in [7, 11) is 0. The van der Waals surface area contributed by atoms with E-state index in [0.29, 0.717) is 18.5 Å². The quantitative estimate of drug-likeness (QED) is 0.844. The Kier molecular flexibility index (Phi) is 5.06. The van der Waals surface area contributed by atoms with Crippen molar-refractivity contribution >= 4 is 17.2 Å². The van der Waals surface area contributed by atoms with Crippen LogP contribution in [0.4, 0.5) is 0 Å². The van der Waals surface area contributed by atoms with Crippen LogP contribution in [-0.2, 0) is 6.42 Å². The number of hydrogen-bond acceptors (Lipinski definition) is 4. The van der Waals surface area contributed by atoms with Crippen molar-refractivity contribution < 1.29 is 9.90 Å². The second-order valence-electron chi connectivity index (χ2n) is 4.30. The molecule has 4 nitrogen and oxygen atoms in total. The minimum Gasteiger partial charge on any atom is -0.396 e. The van der Waals surface area contributed by atoms with Gasteiger partial charge in [0.25, 0.3) is 5.91 Å². The standard InChI is InChI=1S/C14H16N2O2S/c17-9-11(7-13-3-1-2-5-15-13)8-16-14(18)12-4-6-19-10-12/h1-6,10-11,17H,7-9H2,(H,16,18)/t11-/m1/s1. The molecule has 2 N–H and O–H groups in total. The Balaban J connectivity index is 1.84. The van der Waals surface area contributed by atoms with Gasteiger partial charge in [0.05, 0.1) is 0 Å². The van der Waals surface area contributed by atoms with Crippen molar-refractivity contribution in [2.45, 2.75) is 6.42 Å². The first-order chi connectivity index (χ1) is 9.29. The van der Waals surface area contributed by atoms with Gasteiger partial charge in [0.2, 0.25) is 0 Å². The molecule has 0 unspecified atom stereocenters. The van der Waals surface area contributed by atoms with E-state index in [4.69, 9.17) is 0 Å². The molecule has 2 rings (SSSR count). The van der Waals surface area contributed by atoms with E-state index in [1.54, 1.807) is 12.3 Å². The summed E-state index contributed by atoms with van der Waals surface area (Å²) in [6.45, 7) is 0.474. The number of carbonyl (C=O) groups is 1. The minimum atomic E-state index is -0.0966. The number of carbonyl (C=O) groups excluding carboxylic acids is 1. The maximum absolute atomic E-state index is 11.8. The van der Waals surface area contributed by atoms with Crippen molar-refractivity contribution in [1.82, 2.24) is 10.3 Å². The SMILES string of the molecule is O=C(NC[C@H](CO)Cc1ccccn1)c1ccsc1. The Bertz CT molecular complexity index is 499. The summed E-state index contributed by atoms with van der Waals surface area (Å²) in [5, 5.41) is 15.9. The van der Waals surface area contributed by atoms with E-state index in [9.17, 15) is 9.90 Å². The molecule has 0 spiro atoms. The van der Waals surface area contributed by atoms with Crippen LogP contribution in [0.25, 0.3) is 0 Å². The molecule has 0 aliphatic carbocycles. The van der Waals surface area contributed by atoms with Crippen LogP contribution in [0, 0.1) is 5.92 Å². The third kappa shape index (κ3) is 4.15. The highest BCUT2D eigenvalue weighted by Crippen LogP contribution is 2.07. The molecule has 1 amide bonds. The molecule has 1 atom stereocenters. The van der Waals surface area contributed by atoms with Gasteiger partial charge in [0, 0.05) is 41.9 Å². The van der Waals surface area contributed by atoms with Crippen LogP contribution in [0.5, 0.6) is 0 Å². The smallest absolute Gasteiger partial charge is 0.252 e. The van der Waals surface area contributed by atoms with E-state index in [0.717, 1.165) is 5.69 Å². The van der Waals surface area contributed by atoms with Crippen LogP contribution in [0.3, 0.4) is 0 Å². The number of nitrogens with one attached hydrogen (secondary N) is 1. The number of rotatable bonds is 6. The van der Waals surface area contributed by atoms with Crippen molar-refractivity contribution in [3.05, 3.63) is 52.5 Å². The lowest BCUT2D eigenvalue weighted by Crippen LogP contribution is -2.31. The third-order valence-electron chi connectivity index (χ3n) is 2.82. The van der Waals surface area contributed by atoms with Crippen molar-refractivity contribution in [2.75, 3.05) is 13.2 Å². The molecule has 2 aromatic rings. The molecule has 19 heavy (non-hydrogen) atoms. The van der Waals surface area contributed by atoms with Gasteiger partial charge in [-0.05, 0) is 30.0 Å². The van der Waals surface area contributed by atoms with E-state index in [-0.39, 0.29) is 18.4 Å². The van der Waals surface area contributed by atoms with Crippen molar-refractivity contribution in [1.29, 1.82) is 0 Å². The van der Waals surface area contributed by atoms with E-state index in [2.05, 4.69) is 10.3 Å². The summed E-state index contributed by atoms with van der Waals surface area (Å²) in [5.74, 6) is -0.113. The number of hydrogen-bond donors (Lipinski definition) is 2. The molecule has 2 aromatic heterocycles. The fourth-order valence-electron chi connectivity index (χ4n) is 1.75. The summed E-state index contributed by atoms with van der Waals surface area (Å²) < 4.78 is 0. The number of amides is 1. The molecule has 100 valence electrons. The first-order valence-corrected chi connectivity index (χ1v) is 7.05. The lowest BCUT2D eigenvalue weighted by molar-refractivity contribution is 0.0940. The maximum atomic E-state index is 11.8. The largest absolute Gasteiger partial charge is 0.396 e. The lowest BCUT2D eigenvalue weighted by atomic mass is 10.0. The third-order valence-corrected chi connectivity index (χ3v) is 3.50. The van der Waals surface area contributed by atoms with Crippen LogP contribution in [0.2, 0.25) is 0 Å². The van der Waals surface area contributed by atoms with E-state index in [1.165, 1.54) is 11.3 Å². The zero-order chi connectivity index (χ0) is 13.5. The van der Waals surface area contributed by atoms with Crippen LogP contribution in [0.15, 0.2) is 41.2 Å². The average molecular weight is 276 g/mol. The number of thiophene rings is 1. The van der Waals surface area contributed by atoms with Crippen LogP contribution >= 0.6 is 11.3 Å². The Labute approximate surface area is 116 Å². The van der Waals surface area contributed by atoms with E-state index < -0.39 is 0 Å². The van der Waals surface area contributed by atoms with Gasteiger partial charge >= 0.3 is 0 Å². The summed E-state index contributed by atoms with van der Waals surface area (Å²) >= 11 is 1.49. The number of nitrogens with zero attached hydrogens (tertiary/aromatic N) is 1. The summed E-state index contributed by atoms with van der Waals surface area (Å²) in [6.07, 6.45) is 2.38. The van der Waals surface area contributed by atoms with Gasteiger partial charge < -0.3 is 10.4 Å². The highest BCUT2D eigenvalue weighted by atomic mass is 32.1. The van der Waals surface area contributed by atoms with Gasteiger partial charge in [-0.25, -0.2) is 0 Å². The molecule has 5 heteroatoms. The zero-order valence-electron chi connectivity index (χ0n) is 10.5. The Morgan fingerprint density at radius 3 is 2.95 bits per heavy atom. The first kappa shape index (κ1) is 13.7. The topological polar surface area (TPSA) is 62.2 Å². The first-order valence-electron chi connectivity index (χ1n) is 6.10. The number of aromatic nitrogens is 1. The summed E-state index contributed by atoms with van der Waals surface area (Å²) in [5.41, 5.74) is 1.59. The van der Waals surface area contributed by atoms with Gasteiger partial charge in [0.15, 0.2) is 0 Å². The molecule has 0 fully saturated rings. The molecule has 0 aromatic carbocycles. The monoisotopic (exact) mass is 276 g/mol. The molecule has 0 aliphatic rings. The van der Waals surface area contributed by atoms with Crippen molar-refractivity contribution in [2.24, 2.45) is 5.92 Å². The second kappa shape index (κ2) is 7.01. The van der Waals surface area contributed by atoms with E-state index in [1.807, 2.05) is 29.0 Å². The van der Waals surface area contributed by atoms with E-state index >= 15 is 0 Å². The second-order valence-corrected chi connectivity index (χ2v) is 5.08. The van der Waals surface area contributed by atoms with Gasteiger partial charge in [-0.15, -0.1) is 0 Å². The van der Waals surface area contributed by atoms with Crippen molar-refractivity contribution in [3.63, 3.8) is 0 Å². The maximum Gasteiger partial charge on any atom is 0.252 e. The molecule has 0 saturated carbocycles. The average Bonchev–Trinajstić information content (AvgIpc) is 2.98. The van der Waals surface area contributed by atoms with Gasteiger partial charge in [0.1, 0.15) is 0 Å². The molecule has 2 heterocycles. The van der Waals surface area contributed by atoms with Gasteiger partial charge in [-0.1, -0.05) is 6.07 Å². The predicted molar refractivity (Wildman–Crippen MR) is 75.2 cm³/mol. The lowest BCUT2D eigenvalue weighted by Gasteiger charge is -2.14. The number of aliphatic hydroxyl groups excluding tert-OH is 1. The molecule has 0 radical (unpaired) electrons. The summed E-state index contributed by atoms with van der Waals surface area (Å²) in [6, 6.07) is 7.48. The van der Waals surface area contributed by atoms with Crippen LogP contribution in [-0.4, -0.2) is 29.1 Å². The normalized spacial score (nSPS) is 12.1. The zero-order valence-corrected chi connectivity index (χ0v) is 11.3. The molecule has 0 bridgehead atoms. The van der Waals surface area contributed by atoms with Gasteiger partial charge in [-0.3, -0.25) is 9.78 Å². The number of pyridine rings is 1. The highest BCUT2D eigenvalue weighted by molar-refractivity contribution is 7.08. The Morgan fingerprint density at radius 1 is 1.42 bits per heavy atom. The fourth-order valence-corrected chi connectivity index (χ4v) is 2.38. The molecule has 0 saturated heterocycles. The van der Waals surface area contributed by atoms with Crippen molar-refractivity contribution in [3.8, 4) is 0 Å². The molecule has 0 aliphatic heterocycles. The highest BCUT2D eigenvalue weighted by Gasteiger charge is 2.12. The van der Waals surface area contributed by atoms with Crippen LogP contribution < -0.4 is 5.32 Å². The molecular weight excluding hydrogens is 260 g/mol. The molecular formula is C14H16N2O2S. The predicted octanol–water partition coefficient (Wildman–Crippen LogP) is 1.72. The van der Waals surface area contributed by atoms with Gasteiger partial charge in [-0.2, -0.15) is 11.3 Å².